The highest BCUT2D eigenvalue weighted by molar-refractivity contribution is 14.1. The van der Waals surface area contributed by atoms with Crippen LogP contribution in [-0.4, -0.2) is 16.2 Å². The minimum atomic E-state index is 0.842. The lowest BCUT2D eigenvalue weighted by Crippen LogP contribution is -2.06. The summed E-state index contributed by atoms with van der Waals surface area (Å²) in [7, 11) is 0. The molecule has 14 heavy (non-hydrogen) atoms. The summed E-state index contributed by atoms with van der Waals surface area (Å²) in [4.78, 5) is 0. The number of hydrogen-bond donors (Lipinski definition) is 0. The largest absolute Gasteiger partial charge is 0.0863 e. The van der Waals surface area contributed by atoms with Crippen LogP contribution in [0.1, 0.15) is 39.0 Å². The molecule has 0 rings (SSSR count). The molecule has 0 radical (unpaired) electrons. The van der Waals surface area contributed by atoms with Crippen LogP contribution >= 0.6 is 90.4 Å². The maximum atomic E-state index is 2.63. The maximum absolute atomic E-state index is 2.63. The molecule has 0 heterocycles. The van der Waals surface area contributed by atoms with Gasteiger partial charge in [-0.15, -0.1) is 0 Å². The molecule has 0 spiro atoms. The van der Waals surface area contributed by atoms with Gasteiger partial charge >= 0.3 is 0 Å². The molecule has 0 fully saturated rings. The fourth-order valence-electron chi connectivity index (χ4n) is 1.18. The second-order valence-electron chi connectivity index (χ2n) is 3.61. The number of halogens is 4. The quantitative estimate of drug-likeness (QED) is 0.231. The zero-order valence-electron chi connectivity index (χ0n) is 8.49. The molecule has 0 aromatic carbocycles. The Balaban J connectivity index is 3.38. The molecule has 0 aliphatic heterocycles. The molecule has 0 aliphatic rings. The molecule has 4 heteroatoms. The summed E-state index contributed by atoms with van der Waals surface area (Å²) in [5.74, 6) is 0. The molecule has 0 saturated carbocycles. The van der Waals surface area contributed by atoms with E-state index in [1.165, 1.54) is 36.5 Å². The molecule has 0 bridgehead atoms. The highest BCUT2D eigenvalue weighted by Gasteiger charge is 2.09. The first kappa shape index (κ1) is 16.9. The fourth-order valence-corrected chi connectivity index (χ4v) is 4.87. The van der Waals surface area contributed by atoms with Gasteiger partial charge in [0, 0.05) is 16.2 Å². The van der Waals surface area contributed by atoms with Crippen molar-refractivity contribution in [2.45, 2.75) is 50.8 Å². The maximum Gasteiger partial charge on any atom is 0.0117 e. The number of hydrogen-bond acceptors (Lipinski definition) is 0. The second kappa shape index (κ2) is 11.0. The molecule has 3 atom stereocenters. The molecule has 0 aliphatic carbocycles. The van der Waals surface area contributed by atoms with Gasteiger partial charge in [-0.05, 0) is 32.1 Å². The SMILES string of the molecule is CC(I)CCC(I)CCC(I)CCI. The van der Waals surface area contributed by atoms with E-state index in [9.17, 15) is 0 Å². The third-order valence-electron chi connectivity index (χ3n) is 2.09. The van der Waals surface area contributed by atoms with Crippen LogP contribution in [0.15, 0.2) is 0 Å². The van der Waals surface area contributed by atoms with E-state index in [1.54, 1.807) is 0 Å². The van der Waals surface area contributed by atoms with E-state index >= 15 is 0 Å². The van der Waals surface area contributed by atoms with E-state index in [-0.39, 0.29) is 0 Å². The van der Waals surface area contributed by atoms with Gasteiger partial charge in [0.25, 0.3) is 0 Å². The van der Waals surface area contributed by atoms with Crippen LogP contribution in [0.5, 0.6) is 0 Å². The summed E-state index contributed by atoms with van der Waals surface area (Å²) in [5.41, 5.74) is 0. The lowest BCUT2D eigenvalue weighted by molar-refractivity contribution is 0.637. The van der Waals surface area contributed by atoms with Crippen LogP contribution in [0.4, 0.5) is 0 Å². The van der Waals surface area contributed by atoms with Gasteiger partial charge in [-0.2, -0.15) is 0 Å². The molecule has 0 nitrogen and oxygen atoms in total. The van der Waals surface area contributed by atoms with E-state index in [0.717, 1.165) is 11.8 Å². The Morgan fingerprint density at radius 1 is 0.786 bits per heavy atom. The Morgan fingerprint density at radius 2 is 1.21 bits per heavy atom. The Morgan fingerprint density at radius 3 is 1.64 bits per heavy atom. The zero-order valence-corrected chi connectivity index (χ0v) is 17.1. The smallest absolute Gasteiger partial charge is 0.0117 e. The lowest BCUT2D eigenvalue weighted by atomic mass is 10.1. The van der Waals surface area contributed by atoms with Crippen LogP contribution in [-0.2, 0) is 0 Å². The van der Waals surface area contributed by atoms with Gasteiger partial charge < -0.3 is 0 Å². The first-order valence-corrected chi connectivity index (χ1v) is 10.3. The standard InChI is InChI=1S/C10H18I4/c1-8(12)2-3-9(13)4-5-10(14)6-7-11/h8-10H,2-7H2,1H3. The molecule has 0 saturated heterocycles. The van der Waals surface area contributed by atoms with Crippen LogP contribution in [0.25, 0.3) is 0 Å². The molecular weight excluding hydrogens is 628 g/mol. The Hall–Kier alpha value is 2.92. The van der Waals surface area contributed by atoms with Crippen molar-refractivity contribution in [3.8, 4) is 0 Å². The normalized spacial score (nSPS) is 17.8. The highest BCUT2D eigenvalue weighted by atomic mass is 127. The summed E-state index contributed by atoms with van der Waals surface area (Å²) in [6.45, 7) is 2.31. The molecule has 0 amide bonds. The molecule has 3 unspecified atom stereocenters. The minimum absolute atomic E-state index is 0.842. The van der Waals surface area contributed by atoms with Crippen molar-refractivity contribution in [3.05, 3.63) is 0 Å². The molecule has 0 N–H and O–H groups in total. The van der Waals surface area contributed by atoms with Crippen molar-refractivity contribution in [3.63, 3.8) is 0 Å². The average molecular weight is 646 g/mol. The van der Waals surface area contributed by atoms with Crippen LogP contribution in [0.2, 0.25) is 0 Å². The monoisotopic (exact) mass is 646 g/mol. The van der Waals surface area contributed by atoms with Gasteiger partial charge in [-0.25, -0.2) is 0 Å². The first-order valence-electron chi connectivity index (χ1n) is 5.04. The third kappa shape index (κ3) is 11.4. The van der Waals surface area contributed by atoms with Crippen LogP contribution < -0.4 is 0 Å². The lowest BCUT2D eigenvalue weighted by Gasteiger charge is -2.13. The van der Waals surface area contributed by atoms with Gasteiger partial charge in [0.05, 0.1) is 0 Å². The van der Waals surface area contributed by atoms with Crippen molar-refractivity contribution >= 4 is 90.4 Å². The van der Waals surface area contributed by atoms with Gasteiger partial charge in [-0.1, -0.05) is 97.3 Å². The Kier molecular flexibility index (Phi) is 13.3. The average Bonchev–Trinajstić information content (AvgIpc) is 2.12. The summed E-state index contributed by atoms with van der Waals surface area (Å²) >= 11 is 10.2. The number of rotatable bonds is 8. The minimum Gasteiger partial charge on any atom is -0.0863 e. The van der Waals surface area contributed by atoms with E-state index in [0.29, 0.717) is 0 Å². The molecule has 86 valence electrons. The Bertz CT molecular complexity index is 127. The fraction of sp³-hybridized carbons (Fsp3) is 1.00. The molecule has 0 aromatic rings. The molecule has 0 aromatic heterocycles. The predicted octanol–water partition coefficient (Wildman–Crippen LogP) is 5.80. The summed E-state index contributed by atoms with van der Waals surface area (Å²) < 4.78 is 3.95. The predicted molar refractivity (Wildman–Crippen MR) is 101 cm³/mol. The van der Waals surface area contributed by atoms with Crippen molar-refractivity contribution in [2.24, 2.45) is 0 Å². The topological polar surface area (TPSA) is 0 Å². The first-order chi connectivity index (χ1) is 6.56. The van der Waals surface area contributed by atoms with Crippen molar-refractivity contribution in [2.75, 3.05) is 4.43 Å². The summed E-state index contributed by atoms with van der Waals surface area (Å²) in [5, 5.41) is 0. The highest BCUT2D eigenvalue weighted by Crippen LogP contribution is 2.23. The second-order valence-corrected chi connectivity index (χ2v) is 10.3. The van der Waals surface area contributed by atoms with E-state index < -0.39 is 0 Å². The zero-order chi connectivity index (χ0) is 11.0. The number of alkyl halides is 4. The van der Waals surface area contributed by atoms with Gasteiger partial charge in [-0.3, -0.25) is 0 Å². The van der Waals surface area contributed by atoms with E-state index in [4.69, 9.17) is 0 Å². The summed E-state index contributed by atoms with van der Waals surface area (Å²) in [6, 6.07) is 0. The van der Waals surface area contributed by atoms with E-state index in [2.05, 4.69) is 97.3 Å². The van der Waals surface area contributed by atoms with Gasteiger partial charge in [0.15, 0.2) is 0 Å². The van der Waals surface area contributed by atoms with Crippen molar-refractivity contribution in [1.82, 2.24) is 0 Å². The van der Waals surface area contributed by atoms with Gasteiger partial charge in [0.1, 0.15) is 0 Å². The van der Waals surface area contributed by atoms with Crippen molar-refractivity contribution in [1.29, 1.82) is 0 Å². The van der Waals surface area contributed by atoms with Crippen LogP contribution in [0, 0.1) is 0 Å². The van der Waals surface area contributed by atoms with Crippen molar-refractivity contribution < 1.29 is 0 Å². The summed E-state index contributed by atoms with van der Waals surface area (Å²) in [6.07, 6.45) is 6.98. The van der Waals surface area contributed by atoms with Gasteiger partial charge in [0.2, 0.25) is 0 Å². The molecular formula is C10H18I4. The third-order valence-corrected chi connectivity index (χ3v) is 5.83. The van der Waals surface area contributed by atoms with Crippen LogP contribution in [0.3, 0.4) is 0 Å². The Labute approximate surface area is 143 Å². The van der Waals surface area contributed by atoms with E-state index in [1.807, 2.05) is 0 Å².